The molecule has 4 aromatic heterocycles. The van der Waals surface area contributed by atoms with Crippen molar-refractivity contribution in [2.45, 2.75) is 20.0 Å². The van der Waals surface area contributed by atoms with Gasteiger partial charge < -0.3 is 0 Å². The number of tetrazole rings is 1. The van der Waals surface area contributed by atoms with E-state index in [9.17, 15) is 4.79 Å². The smallest absolute Gasteiger partial charge is 0.262 e. The Labute approximate surface area is 156 Å². The van der Waals surface area contributed by atoms with E-state index in [0.29, 0.717) is 35.9 Å². The Hall–Kier alpha value is -3.40. The van der Waals surface area contributed by atoms with Crippen LogP contribution in [0.15, 0.2) is 46.6 Å². The summed E-state index contributed by atoms with van der Waals surface area (Å²) in [5.41, 5.74) is 0.694. The van der Waals surface area contributed by atoms with Crippen molar-refractivity contribution in [2.24, 2.45) is 0 Å². The first kappa shape index (κ1) is 15.8. The summed E-state index contributed by atoms with van der Waals surface area (Å²) < 4.78 is 3.50. The third kappa shape index (κ3) is 2.45. The molecule has 27 heavy (non-hydrogen) atoms. The number of benzene rings is 1. The summed E-state index contributed by atoms with van der Waals surface area (Å²) in [7, 11) is 0. The molecule has 0 radical (unpaired) electrons. The van der Waals surface area contributed by atoms with Crippen molar-refractivity contribution in [2.75, 3.05) is 0 Å². The molecular weight excluding hydrogens is 364 g/mol. The van der Waals surface area contributed by atoms with Crippen LogP contribution in [0, 0.1) is 0 Å². The van der Waals surface area contributed by atoms with Crippen molar-refractivity contribution < 1.29 is 0 Å². The molecule has 0 spiro atoms. The number of aryl methyl sites for hydroxylation is 1. The summed E-state index contributed by atoms with van der Waals surface area (Å²) in [6.07, 6.45) is 0. The van der Waals surface area contributed by atoms with E-state index in [1.54, 1.807) is 15.9 Å². The fourth-order valence-electron chi connectivity index (χ4n) is 3.14. The van der Waals surface area contributed by atoms with Crippen molar-refractivity contribution in [3.05, 3.63) is 58.0 Å². The Morgan fingerprint density at radius 2 is 1.96 bits per heavy atom. The maximum atomic E-state index is 12.7. The predicted molar refractivity (Wildman–Crippen MR) is 101 cm³/mol. The monoisotopic (exact) mass is 378 g/mol. The summed E-state index contributed by atoms with van der Waals surface area (Å²) in [5.74, 6) is 1.72. The normalized spacial score (nSPS) is 11.6. The molecule has 134 valence electrons. The molecule has 0 saturated carbocycles. The number of nitrogens with zero attached hydrogens (tertiary/aromatic N) is 8. The van der Waals surface area contributed by atoms with Crippen LogP contribution < -0.4 is 5.56 Å². The Balaban J connectivity index is 1.66. The first-order chi connectivity index (χ1) is 13.3. The quantitative estimate of drug-likeness (QED) is 0.473. The molecule has 0 saturated heterocycles. The molecule has 5 rings (SSSR count). The van der Waals surface area contributed by atoms with Crippen LogP contribution in [0.5, 0.6) is 0 Å². The number of aromatic nitrogens is 8. The van der Waals surface area contributed by atoms with Crippen LogP contribution in [0.1, 0.15) is 12.7 Å². The summed E-state index contributed by atoms with van der Waals surface area (Å²) >= 11 is 1.56. The van der Waals surface area contributed by atoms with Gasteiger partial charge in [0.2, 0.25) is 11.6 Å². The van der Waals surface area contributed by atoms with Crippen LogP contribution in [-0.4, -0.2) is 39.4 Å². The highest BCUT2D eigenvalue weighted by atomic mass is 32.1. The van der Waals surface area contributed by atoms with Gasteiger partial charge in [-0.25, -0.2) is 0 Å². The minimum Gasteiger partial charge on any atom is -0.277 e. The van der Waals surface area contributed by atoms with Crippen LogP contribution in [0.3, 0.4) is 0 Å². The first-order valence-electron chi connectivity index (χ1n) is 8.43. The molecule has 0 amide bonds. The zero-order chi connectivity index (χ0) is 18.4. The molecular formula is C17H14N8OS. The highest BCUT2D eigenvalue weighted by molar-refractivity contribution is 7.13. The van der Waals surface area contributed by atoms with E-state index in [-0.39, 0.29) is 5.56 Å². The minimum absolute atomic E-state index is 0.0709. The van der Waals surface area contributed by atoms with Gasteiger partial charge in [0.05, 0.1) is 15.8 Å². The first-order valence-corrected chi connectivity index (χ1v) is 9.31. The van der Waals surface area contributed by atoms with Gasteiger partial charge >= 0.3 is 0 Å². The number of hydrogen-bond donors (Lipinski definition) is 0. The van der Waals surface area contributed by atoms with Crippen LogP contribution in [0.4, 0.5) is 0 Å². The van der Waals surface area contributed by atoms with Gasteiger partial charge in [-0.05, 0) is 35.7 Å². The van der Waals surface area contributed by atoms with E-state index >= 15 is 0 Å². The van der Waals surface area contributed by atoms with Gasteiger partial charge in [0.1, 0.15) is 6.54 Å². The Morgan fingerprint density at radius 1 is 1.07 bits per heavy atom. The molecule has 0 atom stereocenters. The maximum Gasteiger partial charge on any atom is 0.262 e. The molecule has 0 aliphatic carbocycles. The summed E-state index contributed by atoms with van der Waals surface area (Å²) in [6, 6.07) is 11.3. The molecule has 0 bridgehead atoms. The fourth-order valence-corrected chi connectivity index (χ4v) is 3.79. The molecule has 0 unspecified atom stereocenters. The maximum absolute atomic E-state index is 12.7. The van der Waals surface area contributed by atoms with Crippen molar-refractivity contribution in [3.63, 3.8) is 0 Å². The number of fused-ring (bicyclic) bond motifs is 3. The lowest BCUT2D eigenvalue weighted by molar-refractivity contribution is 0.552. The second kappa shape index (κ2) is 6.09. The van der Waals surface area contributed by atoms with Crippen LogP contribution in [0.2, 0.25) is 0 Å². The lowest BCUT2D eigenvalue weighted by Crippen LogP contribution is -2.23. The minimum atomic E-state index is -0.0709. The zero-order valence-electron chi connectivity index (χ0n) is 14.3. The van der Waals surface area contributed by atoms with Gasteiger partial charge in [0.25, 0.3) is 5.56 Å². The standard InChI is InChI=1S/C17H14N8OS/c1-2-23-16(26)11-6-3-4-7-12(11)25-14(18-20-17(23)25)10-24-21-15(19-22-24)13-8-5-9-27-13/h3-9H,2,10H2,1H3. The molecule has 1 aromatic carbocycles. The van der Waals surface area contributed by atoms with Crippen molar-refractivity contribution >= 4 is 28.0 Å². The summed E-state index contributed by atoms with van der Waals surface area (Å²) in [5, 5.41) is 23.8. The molecule has 0 aliphatic rings. The van der Waals surface area contributed by atoms with E-state index in [0.717, 1.165) is 10.4 Å². The Bertz CT molecular complexity index is 1310. The van der Waals surface area contributed by atoms with E-state index in [4.69, 9.17) is 0 Å². The average molecular weight is 378 g/mol. The molecule has 0 aliphatic heterocycles. The van der Waals surface area contributed by atoms with E-state index in [1.807, 2.05) is 53.1 Å². The van der Waals surface area contributed by atoms with Gasteiger partial charge in [0, 0.05) is 6.54 Å². The van der Waals surface area contributed by atoms with E-state index in [2.05, 4.69) is 25.6 Å². The van der Waals surface area contributed by atoms with Crippen molar-refractivity contribution in [1.29, 1.82) is 0 Å². The lowest BCUT2D eigenvalue weighted by Gasteiger charge is -2.09. The number of thiophene rings is 1. The van der Waals surface area contributed by atoms with Crippen LogP contribution >= 0.6 is 11.3 Å². The molecule has 5 aromatic rings. The summed E-state index contributed by atoms with van der Waals surface area (Å²) in [4.78, 5) is 15.2. The number of rotatable bonds is 4. The van der Waals surface area contributed by atoms with Gasteiger partial charge in [0.15, 0.2) is 5.82 Å². The van der Waals surface area contributed by atoms with Gasteiger partial charge in [-0.15, -0.1) is 31.7 Å². The topological polar surface area (TPSA) is 95.8 Å². The molecule has 9 nitrogen and oxygen atoms in total. The van der Waals surface area contributed by atoms with E-state index < -0.39 is 0 Å². The SMILES string of the molecule is CCn1c(=O)c2ccccc2n2c(Cn3nnc(-c4cccs4)n3)nnc12. The largest absolute Gasteiger partial charge is 0.277 e. The molecule has 0 fully saturated rings. The van der Waals surface area contributed by atoms with Gasteiger partial charge in [-0.2, -0.15) is 4.80 Å². The predicted octanol–water partition coefficient (Wildman–Crippen LogP) is 1.83. The molecule has 10 heteroatoms. The Morgan fingerprint density at radius 3 is 2.78 bits per heavy atom. The second-order valence-electron chi connectivity index (χ2n) is 5.94. The van der Waals surface area contributed by atoms with Crippen molar-refractivity contribution in [3.8, 4) is 10.7 Å². The number of para-hydroxylation sites is 1. The number of hydrogen-bond acceptors (Lipinski definition) is 7. The summed E-state index contributed by atoms with van der Waals surface area (Å²) in [6.45, 7) is 2.72. The highest BCUT2D eigenvalue weighted by Crippen LogP contribution is 2.20. The fraction of sp³-hybridized carbons (Fsp3) is 0.176. The van der Waals surface area contributed by atoms with Crippen LogP contribution in [0.25, 0.3) is 27.4 Å². The second-order valence-corrected chi connectivity index (χ2v) is 6.89. The lowest BCUT2D eigenvalue weighted by atomic mass is 10.2. The molecule has 4 heterocycles. The van der Waals surface area contributed by atoms with Crippen molar-refractivity contribution in [1.82, 2.24) is 39.4 Å². The van der Waals surface area contributed by atoms with Crippen LogP contribution in [-0.2, 0) is 13.1 Å². The highest BCUT2D eigenvalue weighted by Gasteiger charge is 2.17. The Kier molecular flexibility index (Phi) is 3.57. The average Bonchev–Trinajstić information content (AvgIpc) is 3.43. The zero-order valence-corrected chi connectivity index (χ0v) is 15.2. The van der Waals surface area contributed by atoms with E-state index in [1.165, 1.54) is 4.80 Å². The third-order valence-electron chi connectivity index (χ3n) is 4.37. The third-order valence-corrected chi connectivity index (χ3v) is 5.23. The molecule has 0 N–H and O–H groups in total. The van der Waals surface area contributed by atoms with Gasteiger partial charge in [-0.1, -0.05) is 18.2 Å². The van der Waals surface area contributed by atoms with Gasteiger partial charge in [-0.3, -0.25) is 13.8 Å².